The van der Waals surface area contributed by atoms with Crippen LogP contribution >= 0.6 is 15.9 Å². The summed E-state index contributed by atoms with van der Waals surface area (Å²) in [4.78, 5) is 7.59. The third-order valence-electron chi connectivity index (χ3n) is 2.56. The summed E-state index contributed by atoms with van der Waals surface area (Å²) in [5, 5.41) is 0. The largest absolute Gasteiger partial charge is 0.336 e. The lowest BCUT2D eigenvalue weighted by Crippen LogP contribution is -1.84. The van der Waals surface area contributed by atoms with Crippen LogP contribution in [0.15, 0.2) is 22.8 Å². The standard InChI is InChI=1S/C12H13BrN2/c1-7-4-5-10(6-8(7)2)11-12(13)15-9(3)14-11/h4-6H,1-3H3,(H,14,15). The first-order valence-corrected chi connectivity index (χ1v) is 5.67. The Bertz CT molecular complexity index is 500. The molecule has 15 heavy (non-hydrogen) atoms. The molecule has 0 atom stereocenters. The number of H-pyrrole nitrogens is 1. The number of nitrogens with zero attached hydrogens (tertiary/aromatic N) is 1. The molecule has 2 rings (SSSR count). The predicted molar refractivity (Wildman–Crippen MR) is 65.9 cm³/mol. The Morgan fingerprint density at radius 1 is 1.13 bits per heavy atom. The molecule has 0 saturated heterocycles. The summed E-state index contributed by atoms with van der Waals surface area (Å²) in [5.74, 6) is 0.926. The van der Waals surface area contributed by atoms with Gasteiger partial charge in [0.2, 0.25) is 0 Å². The lowest BCUT2D eigenvalue weighted by atomic mass is 10.1. The van der Waals surface area contributed by atoms with E-state index in [4.69, 9.17) is 0 Å². The Morgan fingerprint density at radius 3 is 2.40 bits per heavy atom. The van der Waals surface area contributed by atoms with Crippen LogP contribution in [-0.2, 0) is 0 Å². The summed E-state index contributed by atoms with van der Waals surface area (Å²) in [6, 6.07) is 6.39. The molecule has 1 heterocycles. The molecule has 0 spiro atoms. The molecule has 1 N–H and O–H groups in total. The highest BCUT2D eigenvalue weighted by molar-refractivity contribution is 9.10. The third kappa shape index (κ3) is 1.97. The molecule has 0 unspecified atom stereocenters. The molecule has 3 heteroatoms. The monoisotopic (exact) mass is 264 g/mol. The quantitative estimate of drug-likeness (QED) is 0.835. The van der Waals surface area contributed by atoms with Gasteiger partial charge in [0.1, 0.15) is 16.1 Å². The summed E-state index contributed by atoms with van der Waals surface area (Å²) in [7, 11) is 0. The first-order valence-electron chi connectivity index (χ1n) is 4.87. The van der Waals surface area contributed by atoms with E-state index in [2.05, 4.69) is 57.9 Å². The molecule has 0 aliphatic carbocycles. The zero-order valence-corrected chi connectivity index (χ0v) is 10.6. The van der Waals surface area contributed by atoms with Gasteiger partial charge in [-0.1, -0.05) is 12.1 Å². The van der Waals surface area contributed by atoms with Crippen molar-refractivity contribution in [3.05, 3.63) is 39.8 Å². The molecule has 2 aromatic rings. The van der Waals surface area contributed by atoms with E-state index < -0.39 is 0 Å². The molecule has 2 nitrogen and oxygen atoms in total. The van der Waals surface area contributed by atoms with Gasteiger partial charge in [0.15, 0.2) is 0 Å². The zero-order valence-electron chi connectivity index (χ0n) is 9.06. The van der Waals surface area contributed by atoms with E-state index >= 15 is 0 Å². The van der Waals surface area contributed by atoms with Crippen molar-refractivity contribution in [2.24, 2.45) is 0 Å². The van der Waals surface area contributed by atoms with Gasteiger partial charge < -0.3 is 4.98 Å². The lowest BCUT2D eigenvalue weighted by Gasteiger charge is -2.02. The highest BCUT2D eigenvalue weighted by Gasteiger charge is 2.08. The first-order chi connectivity index (χ1) is 7.08. The van der Waals surface area contributed by atoms with Crippen LogP contribution in [0.3, 0.4) is 0 Å². The first kappa shape index (κ1) is 10.4. The second-order valence-electron chi connectivity index (χ2n) is 3.78. The number of aromatic amines is 1. The van der Waals surface area contributed by atoms with Crippen molar-refractivity contribution in [3.8, 4) is 11.3 Å². The van der Waals surface area contributed by atoms with Crippen LogP contribution in [0.5, 0.6) is 0 Å². The Labute approximate surface area is 97.9 Å². The van der Waals surface area contributed by atoms with Crippen LogP contribution in [0.25, 0.3) is 11.3 Å². The van der Waals surface area contributed by atoms with E-state index in [9.17, 15) is 0 Å². The second-order valence-corrected chi connectivity index (χ2v) is 4.58. The van der Waals surface area contributed by atoms with Crippen molar-refractivity contribution < 1.29 is 0 Å². The van der Waals surface area contributed by atoms with Crippen LogP contribution in [0.1, 0.15) is 17.0 Å². The van der Waals surface area contributed by atoms with E-state index in [1.165, 1.54) is 11.1 Å². The van der Waals surface area contributed by atoms with Gasteiger partial charge in [-0.3, -0.25) is 0 Å². The highest BCUT2D eigenvalue weighted by Crippen LogP contribution is 2.27. The summed E-state index contributed by atoms with van der Waals surface area (Å²) < 4.78 is 0.947. The van der Waals surface area contributed by atoms with Crippen molar-refractivity contribution in [3.63, 3.8) is 0 Å². The Kier molecular flexibility index (Phi) is 2.65. The average molecular weight is 265 g/mol. The second kappa shape index (κ2) is 3.81. The molecule has 78 valence electrons. The smallest absolute Gasteiger partial charge is 0.110 e. The summed E-state index contributed by atoms with van der Waals surface area (Å²) in [6.45, 7) is 6.19. The van der Waals surface area contributed by atoms with Gasteiger partial charge in [-0.15, -0.1) is 0 Å². The SMILES string of the molecule is Cc1nc(-c2ccc(C)c(C)c2)c(Br)[nH]1. The van der Waals surface area contributed by atoms with Gasteiger partial charge in [-0.25, -0.2) is 4.98 Å². The number of benzene rings is 1. The minimum absolute atomic E-state index is 0.926. The minimum atomic E-state index is 0.926. The van der Waals surface area contributed by atoms with E-state index in [-0.39, 0.29) is 0 Å². The molecule has 0 saturated carbocycles. The van der Waals surface area contributed by atoms with Crippen molar-refractivity contribution >= 4 is 15.9 Å². The van der Waals surface area contributed by atoms with Crippen molar-refractivity contribution in [2.45, 2.75) is 20.8 Å². The van der Waals surface area contributed by atoms with Gasteiger partial charge in [0.05, 0.1) is 0 Å². The molecule has 0 fully saturated rings. The molecule has 1 aromatic heterocycles. The number of aromatic nitrogens is 2. The number of hydrogen-bond donors (Lipinski definition) is 1. The fraction of sp³-hybridized carbons (Fsp3) is 0.250. The Morgan fingerprint density at radius 2 is 1.87 bits per heavy atom. The van der Waals surface area contributed by atoms with E-state index in [0.29, 0.717) is 0 Å². The van der Waals surface area contributed by atoms with E-state index in [1.54, 1.807) is 0 Å². The summed E-state index contributed by atoms with van der Waals surface area (Å²) >= 11 is 3.48. The minimum Gasteiger partial charge on any atom is -0.336 e. The van der Waals surface area contributed by atoms with Crippen molar-refractivity contribution in [2.75, 3.05) is 0 Å². The fourth-order valence-corrected chi connectivity index (χ4v) is 2.15. The van der Waals surface area contributed by atoms with E-state index in [1.807, 2.05) is 6.92 Å². The number of aryl methyl sites for hydroxylation is 3. The average Bonchev–Trinajstić information content (AvgIpc) is 2.50. The maximum Gasteiger partial charge on any atom is 0.110 e. The van der Waals surface area contributed by atoms with Gasteiger partial charge in [-0.2, -0.15) is 0 Å². The van der Waals surface area contributed by atoms with Crippen LogP contribution in [0, 0.1) is 20.8 Å². The maximum absolute atomic E-state index is 4.45. The Balaban J connectivity index is 2.54. The van der Waals surface area contributed by atoms with Crippen LogP contribution in [-0.4, -0.2) is 9.97 Å². The molecular formula is C12H13BrN2. The number of nitrogens with one attached hydrogen (secondary N) is 1. The van der Waals surface area contributed by atoms with Gasteiger partial charge in [-0.05, 0) is 53.9 Å². The third-order valence-corrected chi connectivity index (χ3v) is 3.13. The van der Waals surface area contributed by atoms with Crippen LogP contribution < -0.4 is 0 Å². The summed E-state index contributed by atoms with van der Waals surface area (Å²) in [5.41, 5.74) is 4.73. The van der Waals surface area contributed by atoms with Crippen molar-refractivity contribution in [1.82, 2.24) is 9.97 Å². The van der Waals surface area contributed by atoms with Gasteiger partial charge in [0, 0.05) is 5.56 Å². The van der Waals surface area contributed by atoms with E-state index in [0.717, 1.165) is 21.7 Å². The molecule has 1 aromatic carbocycles. The van der Waals surface area contributed by atoms with Gasteiger partial charge in [0.25, 0.3) is 0 Å². The maximum atomic E-state index is 4.45. The predicted octanol–water partition coefficient (Wildman–Crippen LogP) is 3.76. The normalized spacial score (nSPS) is 10.7. The molecule has 0 aliphatic heterocycles. The van der Waals surface area contributed by atoms with Crippen LogP contribution in [0.4, 0.5) is 0 Å². The molecule has 0 bridgehead atoms. The summed E-state index contributed by atoms with van der Waals surface area (Å²) in [6.07, 6.45) is 0. The number of rotatable bonds is 1. The van der Waals surface area contributed by atoms with Crippen LogP contribution in [0.2, 0.25) is 0 Å². The lowest BCUT2D eigenvalue weighted by molar-refractivity contribution is 1.14. The van der Waals surface area contributed by atoms with Crippen molar-refractivity contribution in [1.29, 1.82) is 0 Å². The molecule has 0 radical (unpaired) electrons. The topological polar surface area (TPSA) is 28.7 Å². The number of imidazole rings is 1. The van der Waals surface area contributed by atoms with Gasteiger partial charge >= 0.3 is 0 Å². The molecule has 0 aliphatic rings. The number of halogens is 1. The molecule has 0 amide bonds. The highest BCUT2D eigenvalue weighted by atomic mass is 79.9. The Hall–Kier alpha value is -1.09. The fourth-order valence-electron chi connectivity index (χ4n) is 1.54. The zero-order chi connectivity index (χ0) is 11.0. The molecular weight excluding hydrogens is 252 g/mol. The number of hydrogen-bond acceptors (Lipinski definition) is 1.